The smallest absolute Gasteiger partial charge is 0.281 e. The second-order valence-electron chi connectivity index (χ2n) is 5.26. The van der Waals surface area contributed by atoms with Crippen LogP contribution in [0, 0.1) is 5.82 Å². The molecule has 2 amide bonds. The summed E-state index contributed by atoms with van der Waals surface area (Å²) in [7, 11) is 1.52. The van der Waals surface area contributed by atoms with Crippen LogP contribution in [-0.4, -0.2) is 23.9 Å². The Kier molecular flexibility index (Phi) is 5.32. The van der Waals surface area contributed by atoms with E-state index in [1.165, 1.54) is 31.4 Å². The predicted octanol–water partition coefficient (Wildman–Crippen LogP) is 3.43. The fourth-order valence-electron chi connectivity index (χ4n) is 2.12. The summed E-state index contributed by atoms with van der Waals surface area (Å²) in [6.45, 7) is 0. The molecule has 0 unspecified atom stereocenters. The predicted molar refractivity (Wildman–Crippen MR) is 98.1 cm³/mol. The summed E-state index contributed by atoms with van der Waals surface area (Å²) in [6.07, 6.45) is 0. The van der Waals surface area contributed by atoms with Crippen LogP contribution in [-0.2, 0) is 0 Å². The molecule has 9 heteroatoms. The number of aromatic nitrogens is 1. The average Bonchev–Trinajstić information content (AvgIpc) is 3.06. The molecule has 0 aliphatic carbocycles. The summed E-state index contributed by atoms with van der Waals surface area (Å²) in [6, 6.07) is 11.7. The Bertz CT molecular complexity index is 971. The zero-order valence-electron chi connectivity index (χ0n) is 14.1. The van der Waals surface area contributed by atoms with Crippen molar-refractivity contribution in [2.24, 2.45) is 5.73 Å². The van der Waals surface area contributed by atoms with Crippen molar-refractivity contribution >= 4 is 28.2 Å². The highest BCUT2D eigenvalue weighted by molar-refractivity contribution is 7.18. The Morgan fingerprint density at radius 3 is 2.30 bits per heavy atom. The van der Waals surface area contributed by atoms with Gasteiger partial charge in [-0.15, -0.1) is 0 Å². The molecule has 0 saturated heterocycles. The molecule has 138 valence electrons. The minimum atomic E-state index is -0.815. The molecule has 0 saturated carbocycles. The van der Waals surface area contributed by atoms with Crippen LogP contribution in [0.25, 0.3) is 0 Å². The van der Waals surface area contributed by atoms with Crippen molar-refractivity contribution < 1.29 is 23.5 Å². The molecule has 1 aromatic heterocycles. The van der Waals surface area contributed by atoms with Gasteiger partial charge in [0.1, 0.15) is 22.3 Å². The van der Waals surface area contributed by atoms with Crippen LogP contribution in [0.2, 0.25) is 0 Å². The normalized spacial score (nSPS) is 10.3. The van der Waals surface area contributed by atoms with E-state index in [1.54, 1.807) is 24.3 Å². The van der Waals surface area contributed by atoms with Crippen molar-refractivity contribution in [1.82, 2.24) is 4.98 Å². The number of nitrogens with one attached hydrogen (secondary N) is 1. The zero-order valence-corrected chi connectivity index (χ0v) is 14.9. The first-order chi connectivity index (χ1) is 13.0. The number of benzene rings is 2. The van der Waals surface area contributed by atoms with Crippen molar-refractivity contribution in [2.75, 3.05) is 12.4 Å². The number of ether oxygens (including phenoxy) is 2. The number of hydrogen-bond acceptors (Lipinski definition) is 6. The Hall–Kier alpha value is -3.46. The number of nitrogens with two attached hydrogens (primary N) is 1. The SMILES string of the molecule is COc1ccc(C(=O)Nc2sc(Oc3ccc(F)cc3)nc2C(N)=O)cc1. The number of carbonyl (C=O) groups excluding carboxylic acids is 2. The fourth-order valence-corrected chi connectivity index (χ4v) is 2.95. The molecule has 0 fully saturated rings. The van der Waals surface area contributed by atoms with Crippen LogP contribution in [0.4, 0.5) is 9.39 Å². The summed E-state index contributed by atoms with van der Waals surface area (Å²) in [5.74, 6) is -0.736. The first kappa shape index (κ1) is 18.3. The number of rotatable bonds is 6. The van der Waals surface area contributed by atoms with Gasteiger partial charge >= 0.3 is 0 Å². The van der Waals surface area contributed by atoms with Crippen molar-refractivity contribution in [3.05, 3.63) is 65.6 Å². The number of nitrogens with zero attached hydrogens (tertiary/aromatic N) is 1. The maximum Gasteiger partial charge on any atom is 0.281 e. The van der Waals surface area contributed by atoms with Gasteiger partial charge in [0.2, 0.25) is 0 Å². The lowest BCUT2D eigenvalue weighted by atomic mass is 10.2. The van der Waals surface area contributed by atoms with Crippen molar-refractivity contribution in [3.8, 4) is 16.7 Å². The molecule has 0 radical (unpaired) electrons. The maximum atomic E-state index is 13.0. The van der Waals surface area contributed by atoms with Crippen LogP contribution >= 0.6 is 11.3 Å². The summed E-state index contributed by atoms with van der Waals surface area (Å²) in [5, 5.41) is 2.83. The number of amides is 2. The molecule has 0 aliphatic heterocycles. The second kappa shape index (κ2) is 7.83. The van der Waals surface area contributed by atoms with Gasteiger partial charge in [0.15, 0.2) is 5.69 Å². The molecule has 2 aromatic carbocycles. The van der Waals surface area contributed by atoms with Gasteiger partial charge in [0.05, 0.1) is 7.11 Å². The molecule has 0 aliphatic rings. The largest absolute Gasteiger partial charge is 0.497 e. The van der Waals surface area contributed by atoms with Crippen molar-refractivity contribution in [1.29, 1.82) is 0 Å². The van der Waals surface area contributed by atoms with Gasteiger partial charge in [-0.3, -0.25) is 9.59 Å². The van der Waals surface area contributed by atoms with E-state index in [9.17, 15) is 14.0 Å². The molecule has 3 aromatic rings. The topological polar surface area (TPSA) is 104 Å². The minimum absolute atomic E-state index is 0.0837. The molecule has 0 atom stereocenters. The average molecular weight is 387 g/mol. The molecule has 27 heavy (non-hydrogen) atoms. The van der Waals surface area contributed by atoms with E-state index < -0.39 is 17.6 Å². The van der Waals surface area contributed by atoms with Gasteiger partial charge in [-0.2, -0.15) is 4.98 Å². The molecular weight excluding hydrogens is 373 g/mol. The van der Waals surface area contributed by atoms with Crippen LogP contribution in [0.5, 0.6) is 16.7 Å². The quantitative estimate of drug-likeness (QED) is 0.674. The number of thiazole rings is 1. The lowest BCUT2D eigenvalue weighted by molar-refractivity contribution is 0.0996. The van der Waals surface area contributed by atoms with Crippen LogP contribution in [0.1, 0.15) is 20.8 Å². The molecule has 3 N–H and O–H groups in total. The number of hydrogen-bond donors (Lipinski definition) is 2. The standard InChI is InChI=1S/C18H14FN3O4S/c1-25-12-6-2-10(3-7-12)16(24)22-17-14(15(20)23)21-18(27-17)26-13-8-4-11(19)5-9-13/h2-9H,1H3,(H2,20,23)(H,22,24). The van der Waals surface area contributed by atoms with Gasteiger partial charge in [0, 0.05) is 5.56 Å². The molecule has 7 nitrogen and oxygen atoms in total. The van der Waals surface area contributed by atoms with Gasteiger partial charge in [-0.1, -0.05) is 11.3 Å². The summed E-state index contributed by atoms with van der Waals surface area (Å²) >= 11 is 0.933. The summed E-state index contributed by atoms with van der Waals surface area (Å²) < 4.78 is 23.5. The van der Waals surface area contributed by atoms with Crippen LogP contribution in [0.3, 0.4) is 0 Å². The number of carbonyl (C=O) groups is 2. The third kappa shape index (κ3) is 4.39. The van der Waals surface area contributed by atoms with Gasteiger partial charge < -0.3 is 20.5 Å². The van der Waals surface area contributed by atoms with E-state index >= 15 is 0 Å². The number of anilines is 1. The van der Waals surface area contributed by atoms with E-state index in [4.69, 9.17) is 15.2 Å². The Balaban J connectivity index is 1.81. The van der Waals surface area contributed by atoms with E-state index in [-0.39, 0.29) is 15.9 Å². The van der Waals surface area contributed by atoms with Gasteiger partial charge in [-0.25, -0.2) is 4.39 Å². The molecule has 0 bridgehead atoms. The van der Waals surface area contributed by atoms with E-state index in [0.717, 1.165) is 11.3 Å². The lowest BCUT2D eigenvalue weighted by Crippen LogP contribution is -2.17. The first-order valence-corrected chi connectivity index (χ1v) is 8.47. The lowest BCUT2D eigenvalue weighted by Gasteiger charge is -2.04. The number of primary amides is 1. The van der Waals surface area contributed by atoms with Gasteiger partial charge in [0.25, 0.3) is 17.0 Å². The molecule has 3 rings (SSSR count). The van der Waals surface area contributed by atoms with Crippen molar-refractivity contribution in [2.45, 2.75) is 0 Å². The van der Waals surface area contributed by atoms with Gasteiger partial charge in [-0.05, 0) is 48.5 Å². The van der Waals surface area contributed by atoms with Crippen LogP contribution < -0.4 is 20.5 Å². The fraction of sp³-hybridized carbons (Fsp3) is 0.0556. The molecular formula is C18H14FN3O4S. The highest BCUT2D eigenvalue weighted by Gasteiger charge is 2.20. The molecule has 0 spiro atoms. The third-order valence-corrected chi connectivity index (χ3v) is 4.29. The highest BCUT2D eigenvalue weighted by Crippen LogP contribution is 2.33. The zero-order chi connectivity index (χ0) is 19.4. The number of methoxy groups -OCH3 is 1. The maximum absolute atomic E-state index is 13.0. The van der Waals surface area contributed by atoms with E-state index in [0.29, 0.717) is 17.1 Å². The molecule has 1 heterocycles. The van der Waals surface area contributed by atoms with E-state index in [2.05, 4.69) is 10.3 Å². The number of halogens is 1. The highest BCUT2D eigenvalue weighted by atomic mass is 32.1. The summed E-state index contributed by atoms with van der Waals surface area (Å²) in [5.41, 5.74) is 5.56. The van der Waals surface area contributed by atoms with E-state index in [1.807, 2.05) is 0 Å². The Morgan fingerprint density at radius 1 is 1.07 bits per heavy atom. The monoisotopic (exact) mass is 387 g/mol. The third-order valence-electron chi connectivity index (χ3n) is 3.44. The van der Waals surface area contributed by atoms with Crippen molar-refractivity contribution in [3.63, 3.8) is 0 Å². The second-order valence-corrected chi connectivity index (χ2v) is 6.22. The Morgan fingerprint density at radius 2 is 1.70 bits per heavy atom. The minimum Gasteiger partial charge on any atom is -0.497 e. The summed E-state index contributed by atoms with van der Waals surface area (Å²) in [4.78, 5) is 28.0. The first-order valence-electron chi connectivity index (χ1n) is 7.65. The van der Waals surface area contributed by atoms with Crippen LogP contribution in [0.15, 0.2) is 48.5 Å². The Labute approximate surface area is 157 Å².